The molecule has 1 heterocycles. The second-order valence-corrected chi connectivity index (χ2v) is 5.84. The SMILES string of the molecule is CCCNc1cc(NC(C)C(C)(C)C)nc(C)n1. The minimum atomic E-state index is 0.204. The van der Waals surface area contributed by atoms with Crippen molar-refractivity contribution in [1.29, 1.82) is 0 Å². The summed E-state index contributed by atoms with van der Waals surface area (Å²) in [4.78, 5) is 8.81. The van der Waals surface area contributed by atoms with Crippen LogP contribution in [0.5, 0.6) is 0 Å². The molecule has 0 spiro atoms. The predicted octanol–water partition coefficient (Wildman–Crippen LogP) is 3.45. The van der Waals surface area contributed by atoms with Gasteiger partial charge in [-0.25, -0.2) is 9.97 Å². The summed E-state index contributed by atoms with van der Waals surface area (Å²) in [6, 6.07) is 2.33. The third-order valence-corrected chi connectivity index (χ3v) is 3.06. The van der Waals surface area contributed by atoms with E-state index in [0.717, 1.165) is 30.4 Å². The average molecular weight is 250 g/mol. The van der Waals surface area contributed by atoms with Crippen molar-refractivity contribution in [3.05, 3.63) is 11.9 Å². The molecule has 1 aromatic heterocycles. The first kappa shape index (κ1) is 14.7. The van der Waals surface area contributed by atoms with E-state index in [1.54, 1.807) is 0 Å². The number of hydrogen-bond acceptors (Lipinski definition) is 4. The molecule has 0 fully saturated rings. The van der Waals surface area contributed by atoms with Gasteiger partial charge in [-0.1, -0.05) is 27.7 Å². The number of nitrogens with zero attached hydrogens (tertiary/aromatic N) is 2. The summed E-state index contributed by atoms with van der Waals surface area (Å²) in [5.74, 6) is 2.58. The fourth-order valence-electron chi connectivity index (χ4n) is 1.42. The molecule has 0 radical (unpaired) electrons. The van der Waals surface area contributed by atoms with Crippen LogP contribution in [-0.2, 0) is 0 Å². The first-order chi connectivity index (χ1) is 8.32. The third kappa shape index (κ3) is 4.51. The van der Waals surface area contributed by atoms with Crippen molar-refractivity contribution in [2.75, 3.05) is 17.2 Å². The lowest BCUT2D eigenvalue weighted by Crippen LogP contribution is -2.31. The fraction of sp³-hybridized carbons (Fsp3) is 0.714. The minimum absolute atomic E-state index is 0.204. The number of anilines is 2. The van der Waals surface area contributed by atoms with Gasteiger partial charge < -0.3 is 10.6 Å². The molecule has 2 N–H and O–H groups in total. The van der Waals surface area contributed by atoms with Gasteiger partial charge in [0.05, 0.1) is 0 Å². The van der Waals surface area contributed by atoms with Gasteiger partial charge in [0.15, 0.2) is 0 Å². The molecule has 1 aromatic rings. The van der Waals surface area contributed by atoms with Crippen molar-refractivity contribution in [1.82, 2.24) is 9.97 Å². The van der Waals surface area contributed by atoms with Gasteiger partial charge in [0, 0.05) is 18.7 Å². The molecule has 0 amide bonds. The first-order valence-electron chi connectivity index (χ1n) is 6.69. The highest BCUT2D eigenvalue weighted by molar-refractivity contribution is 5.48. The summed E-state index contributed by atoms with van der Waals surface area (Å²) >= 11 is 0. The molecule has 0 aliphatic carbocycles. The molecule has 0 aliphatic heterocycles. The lowest BCUT2D eigenvalue weighted by atomic mass is 9.88. The Morgan fingerprint density at radius 3 is 2.39 bits per heavy atom. The maximum absolute atomic E-state index is 4.43. The minimum Gasteiger partial charge on any atom is -0.370 e. The largest absolute Gasteiger partial charge is 0.370 e. The van der Waals surface area contributed by atoms with Crippen molar-refractivity contribution in [2.45, 2.75) is 54.0 Å². The molecule has 102 valence electrons. The first-order valence-corrected chi connectivity index (χ1v) is 6.69. The number of aryl methyl sites for hydroxylation is 1. The predicted molar refractivity (Wildman–Crippen MR) is 78.1 cm³/mol. The zero-order chi connectivity index (χ0) is 13.8. The Kier molecular flexibility index (Phi) is 4.93. The molecule has 4 nitrogen and oxygen atoms in total. The smallest absolute Gasteiger partial charge is 0.132 e. The number of aromatic nitrogens is 2. The molecule has 0 aromatic carbocycles. The Morgan fingerprint density at radius 2 is 1.83 bits per heavy atom. The monoisotopic (exact) mass is 250 g/mol. The summed E-state index contributed by atoms with van der Waals surface area (Å²) < 4.78 is 0. The maximum atomic E-state index is 4.43. The normalized spacial score (nSPS) is 13.2. The Hall–Kier alpha value is -1.32. The molecule has 0 bridgehead atoms. The van der Waals surface area contributed by atoms with E-state index in [1.807, 2.05) is 13.0 Å². The van der Waals surface area contributed by atoms with Gasteiger partial charge in [-0.3, -0.25) is 0 Å². The molecular formula is C14H26N4. The Bertz CT molecular complexity index is 382. The van der Waals surface area contributed by atoms with E-state index in [1.165, 1.54) is 0 Å². The van der Waals surface area contributed by atoms with Crippen LogP contribution in [-0.4, -0.2) is 22.6 Å². The van der Waals surface area contributed by atoms with E-state index >= 15 is 0 Å². The number of nitrogens with one attached hydrogen (secondary N) is 2. The molecule has 0 aliphatic rings. The zero-order valence-electron chi connectivity index (χ0n) is 12.5. The van der Waals surface area contributed by atoms with Crippen LogP contribution >= 0.6 is 0 Å². The molecule has 0 saturated heterocycles. The summed E-state index contributed by atoms with van der Waals surface area (Å²) in [5, 5.41) is 6.74. The van der Waals surface area contributed by atoms with Gasteiger partial charge in [-0.05, 0) is 25.7 Å². The van der Waals surface area contributed by atoms with Crippen LogP contribution in [0.1, 0.15) is 46.9 Å². The van der Waals surface area contributed by atoms with Crippen molar-refractivity contribution in [3.63, 3.8) is 0 Å². The van der Waals surface area contributed by atoms with Crippen molar-refractivity contribution in [3.8, 4) is 0 Å². The van der Waals surface area contributed by atoms with Gasteiger partial charge in [-0.2, -0.15) is 0 Å². The van der Waals surface area contributed by atoms with Crippen molar-refractivity contribution >= 4 is 11.6 Å². The van der Waals surface area contributed by atoms with Crippen LogP contribution in [0.4, 0.5) is 11.6 Å². The average Bonchev–Trinajstić information content (AvgIpc) is 2.24. The topological polar surface area (TPSA) is 49.8 Å². The van der Waals surface area contributed by atoms with Crippen molar-refractivity contribution < 1.29 is 0 Å². The van der Waals surface area contributed by atoms with E-state index < -0.39 is 0 Å². The van der Waals surface area contributed by atoms with E-state index in [2.05, 4.69) is 55.2 Å². The van der Waals surface area contributed by atoms with Gasteiger partial charge in [0.1, 0.15) is 17.5 Å². The van der Waals surface area contributed by atoms with Crippen LogP contribution in [0.2, 0.25) is 0 Å². The molecule has 1 atom stereocenters. The summed E-state index contributed by atoms with van der Waals surface area (Å²) in [6.07, 6.45) is 1.09. The van der Waals surface area contributed by atoms with Crippen molar-refractivity contribution in [2.24, 2.45) is 5.41 Å². The molecule has 18 heavy (non-hydrogen) atoms. The van der Waals surface area contributed by atoms with Gasteiger partial charge >= 0.3 is 0 Å². The van der Waals surface area contributed by atoms with E-state index in [-0.39, 0.29) is 5.41 Å². The second kappa shape index (κ2) is 6.03. The van der Waals surface area contributed by atoms with Crippen LogP contribution < -0.4 is 10.6 Å². The molecule has 1 rings (SSSR count). The highest BCUT2D eigenvalue weighted by atomic mass is 15.1. The van der Waals surface area contributed by atoms with Crippen LogP contribution in [0.15, 0.2) is 6.07 Å². The van der Waals surface area contributed by atoms with Gasteiger partial charge in [-0.15, -0.1) is 0 Å². The van der Waals surface area contributed by atoms with Crippen LogP contribution in [0, 0.1) is 12.3 Å². The molecule has 1 unspecified atom stereocenters. The highest BCUT2D eigenvalue weighted by Gasteiger charge is 2.20. The highest BCUT2D eigenvalue weighted by Crippen LogP contribution is 2.22. The molecule has 4 heteroatoms. The zero-order valence-corrected chi connectivity index (χ0v) is 12.5. The molecule has 0 saturated carbocycles. The standard InChI is InChI=1S/C14H26N4/c1-7-8-15-12-9-13(18-11(3)17-12)16-10(2)14(4,5)6/h9-10H,7-8H2,1-6H3,(H2,15,16,17,18). The lowest BCUT2D eigenvalue weighted by Gasteiger charge is -2.28. The third-order valence-electron chi connectivity index (χ3n) is 3.06. The van der Waals surface area contributed by atoms with E-state index in [4.69, 9.17) is 0 Å². The quantitative estimate of drug-likeness (QED) is 0.840. The Balaban J connectivity index is 2.79. The maximum Gasteiger partial charge on any atom is 0.132 e. The van der Waals surface area contributed by atoms with E-state index in [9.17, 15) is 0 Å². The van der Waals surface area contributed by atoms with Crippen LogP contribution in [0.25, 0.3) is 0 Å². The summed E-state index contributed by atoms with van der Waals surface area (Å²) in [5.41, 5.74) is 0.204. The fourth-order valence-corrected chi connectivity index (χ4v) is 1.42. The van der Waals surface area contributed by atoms with Gasteiger partial charge in [0.25, 0.3) is 0 Å². The summed E-state index contributed by atoms with van der Waals surface area (Å²) in [6.45, 7) is 13.8. The van der Waals surface area contributed by atoms with E-state index in [0.29, 0.717) is 6.04 Å². The Morgan fingerprint density at radius 1 is 1.22 bits per heavy atom. The Labute approximate surface area is 111 Å². The van der Waals surface area contributed by atoms with Gasteiger partial charge in [0.2, 0.25) is 0 Å². The summed E-state index contributed by atoms with van der Waals surface area (Å²) in [7, 11) is 0. The second-order valence-electron chi connectivity index (χ2n) is 5.84. The molecular weight excluding hydrogens is 224 g/mol. The number of rotatable bonds is 5. The lowest BCUT2D eigenvalue weighted by molar-refractivity contribution is 0.358. The number of hydrogen-bond donors (Lipinski definition) is 2. The van der Waals surface area contributed by atoms with Crippen LogP contribution in [0.3, 0.4) is 0 Å².